The van der Waals surface area contributed by atoms with Crippen LogP contribution in [0.5, 0.6) is 5.75 Å². The van der Waals surface area contributed by atoms with Gasteiger partial charge in [0.15, 0.2) is 0 Å². The molecular weight excluding hydrogens is 404 g/mol. The van der Waals surface area contributed by atoms with E-state index in [9.17, 15) is 4.79 Å². The number of aryl methyl sites for hydroxylation is 2. The van der Waals surface area contributed by atoms with E-state index in [4.69, 9.17) is 15.5 Å². The Bertz CT molecular complexity index is 1160. The first-order valence-corrected chi connectivity index (χ1v) is 10.5. The molecule has 0 atom stereocenters. The van der Waals surface area contributed by atoms with Crippen LogP contribution in [0.1, 0.15) is 30.5 Å². The average molecular weight is 433 g/mol. The van der Waals surface area contributed by atoms with Gasteiger partial charge in [-0.1, -0.05) is 18.2 Å². The molecule has 0 unspecified atom stereocenters. The summed E-state index contributed by atoms with van der Waals surface area (Å²) in [7, 11) is 1.58. The minimum absolute atomic E-state index is 0.0813. The number of rotatable bonds is 5. The summed E-state index contributed by atoms with van der Waals surface area (Å²) in [4.78, 5) is 26.3. The van der Waals surface area contributed by atoms with Crippen molar-refractivity contribution < 1.29 is 9.53 Å². The van der Waals surface area contributed by atoms with E-state index in [0.717, 1.165) is 22.4 Å². The van der Waals surface area contributed by atoms with Gasteiger partial charge in [-0.2, -0.15) is 4.98 Å². The molecule has 2 heterocycles. The fraction of sp³-hybridized carbons (Fsp3) is 0.292. The normalized spacial score (nSPS) is 13.4. The number of fused-ring (bicyclic) bond motifs is 1. The van der Waals surface area contributed by atoms with Gasteiger partial charge >= 0.3 is 6.03 Å². The van der Waals surface area contributed by atoms with E-state index in [1.54, 1.807) is 30.3 Å². The van der Waals surface area contributed by atoms with Crippen molar-refractivity contribution in [3.63, 3.8) is 0 Å². The number of benzene rings is 2. The number of anilines is 5. The average Bonchev–Trinajstić information content (AvgIpc) is 2.75. The second-order valence-corrected chi connectivity index (χ2v) is 8.20. The number of hydrogen-bond donors (Lipinski definition) is 2. The number of ether oxygens (including phenoxy) is 1. The van der Waals surface area contributed by atoms with Crippen molar-refractivity contribution in [3.8, 4) is 5.75 Å². The molecule has 2 amide bonds. The molecule has 0 radical (unpaired) electrons. The molecule has 1 aliphatic rings. The highest BCUT2D eigenvalue weighted by Gasteiger charge is 2.35. The SMILES string of the molecule is COc1cc(N)ccc1Nc1ncc2c(n1)N(C(C)C)C(=O)N(c1c(C)cccc1C)C2. The van der Waals surface area contributed by atoms with Gasteiger partial charge in [0.1, 0.15) is 11.6 Å². The van der Waals surface area contributed by atoms with Crippen molar-refractivity contribution in [2.75, 3.05) is 28.0 Å². The summed E-state index contributed by atoms with van der Waals surface area (Å²) in [6.45, 7) is 8.42. The van der Waals surface area contributed by atoms with Crippen LogP contribution in [0.3, 0.4) is 0 Å². The largest absolute Gasteiger partial charge is 0.494 e. The highest BCUT2D eigenvalue weighted by molar-refractivity contribution is 6.06. The lowest BCUT2D eigenvalue weighted by molar-refractivity contribution is 0.248. The number of carbonyl (C=O) groups is 1. The number of amides is 2. The van der Waals surface area contributed by atoms with Crippen molar-refractivity contribution >= 4 is 34.9 Å². The molecule has 4 rings (SSSR count). The molecule has 1 aliphatic heterocycles. The van der Waals surface area contributed by atoms with Crippen molar-refractivity contribution in [3.05, 3.63) is 59.3 Å². The Morgan fingerprint density at radius 2 is 1.88 bits per heavy atom. The van der Waals surface area contributed by atoms with Crippen LogP contribution in [0.25, 0.3) is 0 Å². The number of nitrogens with one attached hydrogen (secondary N) is 1. The summed E-state index contributed by atoms with van der Waals surface area (Å²) in [5, 5.41) is 3.18. The van der Waals surface area contributed by atoms with Crippen LogP contribution >= 0.6 is 0 Å². The van der Waals surface area contributed by atoms with Crippen LogP contribution < -0.4 is 25.6 Å². The quantitative estimate of drug-likeness (QED) is 0.563. The van der Waals surface area contributed by atoms with Crippen molar-refractivity contribution in [1.82, 2.24) is 9.97 Å². The maximum absolute atomic E-state index is 13.6. The fourth-order valence-electron chi connectivity index (χ4n) is 4.04. The number of methoxy groups -OCH3 is 1. The third-order valence-electron chi connectivity index (χ3n) is 5.53. The molecule has 0 fully saturated rings. The van der Waals surface area contributed by atoms with Crippen molar-refractivity contribution in [2.45, 2.75) is 40.3 Å². The zero-order valence-electron chi connectivity index (χ0n) is 19.0. The van der Waals surface area contributed by atoms with E-state index in [2.05, 4.69) is 10.3 Å². The Kier molecular flexibility index (Phi) is 5.61. The lowest BCUT2D eigenvalue weighted by Crippen LogP contribution is -2.51. The number of hydrogen-bond acceptors (Lipinski definition) is 6. The maximum Gasteiger partial charge on any atom is 0.330 e. The van der Waals surface area contributed by atoms with E-state index < -0.39 is 0 Å². The monoisotopic (exact) mass is 432 g/mol. The second kappa shape index (κ2) is 8.37. The first-order valence-electron chi connectivity index (χ1n) is 10.5. The molecule has 166 valence electrons. The highest BCUT2D eigenvalue weighted by Crippen LogP contribution is 2.36. The fourth-order valence-corrected chi connectivity index (χ4v) is 4.04. The van der Waals surface area contributed by atoms with Gasteiger partial charge in [-0.3, -0.25) is 9.80 Å². The highest BCUT2D eigenvalue weighted by atomic mass is 16.5. The predicted molar refractivity (Wildman–Crippen MR) is 128 cm³/mol. The number of nitrogens with zero attached hydrogens (tertiary/aromatic N) is 4. The summed E-state index contributed by atoms with van der Waals surface area (Å²) in [6.07, 6.45) is 1.77. The maximum atomic E-state index is 13.6. The second-order valence-electron chi connectivity index (χ2n) is 8.20. The van der Waals surface area contributed by atoms with Gasteiger partial charge in [-0.05, 0) is 51.0 Å². The summed E-state index contributed by atoms with van der Waals surface area (Å²) < 4.78 is 5.40. The Labute approximate surface area is 188 Å². The van der Waals surface area contributed by atoms with Crippen LogP contribution in [0.2, 0.25) is 0 Å². The smallest absolute Gasteiger partial charge is 0.330 e. The molecule has 3 N–H and O–H groups in total. The van der Waals surface area contributed by atoms with Gasteiger partial charge in [0, 0.05) is 29.6 Å². The van der Waals surface area contributed by atoms with Gasteiger partial charge in [0.25, 0.3) is 0 Å². The van der Waals surface area contributed by atoms with Gasteiger partial charge in [-0.15, -0.1) is 0 Å². The first-order chi connectivity index (χ1) is 15.3. The number of urea groups is 1. The molecule has 8 nitrogen and oxygen atoms in total. The molecule has 0 aliphatic carbocycles. The molecule has 0 saturated carbocycles. The van der Waals surface area contributed by atoms with Gasteiger partial charge < -0.3 is 15.8 Å². The Balaban J connectivity index is 1.74. The van der Waals surface area contributed by atoms with E-state index in [1.807, 2.05) is 56.9 Å². The number of aromatic nitrogens is 2. The lowest BCUT2D eigenvalue weighted by atomic mass is 10.1. The van der Waals surface area contributed by atoms with E-state index >= 15 is 0 Å². The minimum atomic E-state index is -0.0976. The standard InChI is InChI=1S/C24H28N6O2/c1-14(2)30-22-17(13-29(24(30)31)21-15(3)7-6-8-16(21)4)12-26-23(28-22)27-19-10-9-18(25)11-20(19)32-5/h6-12,14H,13,25H2,1-5H3,(H,26,27,28). The van der Waals surface area contributed by atoms with Crippen LogP contribution in [0.15, 0.2) is 42.6 Å². The number of nitrogen functional groups attached to an aromatic ring is 1. The molecule has 0 saturated heterocycles. The molecule has 1 aromatic heterocycles. The Hall–Kier alpha value is -3.81. The summed E-state index contributed by atoms with van der Waals surface area (Å²) >= 11 is 0. The molecule has 0 spiro atoms. The van der Waals surface area contributed by atoms with Crippen LogP contribution in [0.4, 0.5) is 33.6 Å². The lowest BCUT2D eigenvalue weighted by Gasteiger charge is -2.39. The molecule has 2 aromatic carbocycles. The third kappa shape index (κ3) is 3.79. The van der Waals surface area contributed by atoms with E-state index in [1.165, 1.54) is 0 Å². The molecule has 0 bridgehead atoms. The summed E-state index contributed by atoms with van der Waals surface area (Å²) in [5.41, 5.74) is 11.1. The number of nitrogens with two attached hydrogens (primary N) is 1. The molecule has 32 heavy (non-hydrogen) atoms. The third-order valence-corrected chi connectivity index (χ3v) is 5.53. The van der Waals surface area contributed by atoms with Crippen LogP contribution in [-0.4, -0.2) is 29.2 Å². The van der Waals surface area contributed by atoms with Gasteiger partial charge in [0.05, 0.1) is 25.0 Å². The first kappa shape index (κ1) is 21.4. The molecular formula is C24H28N6O2. The predicted octanol–water partition coefficient (Wildman–Crippen LogP) is 4.78. The van der Waals surface area contributed by atoms with E-state index in [-0.39, 0.29) is 12.1 Å². The Morgan fingerprint density at radius 1 is 1.16 bits per heavy atom. The number of carbonyl (C=O) groups excluding carboxylic acids is 1. The van der Waals surface area contributed by atoms with Gasteiger partial charge in [0.2, 0.25) is 5.95 Å². The zero-order chi connectivity index (χ0) is 23.0. The molecule has 3 aromatic rings. The zero-order valence-corrected chi connectivity index (χ0v) is 19.0. The summed E-state index contributed by atoms with van der Waals surface area (Å²) in [6, 6.07) is 11.2. The van der Waals surface area contributed by atoms with Crippen LogP contribution in [0, 0.1) is 13.8 Å². The minimum Gasteiger partial charge on any atom is -0.494 e. The topological polar surface area (TPSA) is 96.6 Å². The van der Waals surface area contributed by atoms with Crippen molar-refractivity contribution in [1.29, 1.82) is 0 Å². The van der Waals surface area contributed by atoms with E-state index in [0.29, 0.717) is 35.4 Å². The number of para-hydroxylation sites is 1. The Morgan fingerprint density at radius 3 is 2.53 bits per heavy atom. The molecule has 8 heteroatoms. The van der Waals surface area contributed by atoms with Crippen LogP contribution in [-0.2, 0) is 6.54 Å². The van der Waals surface area contributed by atoms with Gasteiger partial charge in [-0.25, -0.2) is 9.78 Å². The summed E-state index contributed by atoms with van der Waals surface area (Å²) in [5.74, 6) is 1.58. The van der Waals surface area contributed by atoms with Crippen molar-refractivity contribution in [2.24, 2.45) is 0 Å².